The van der Waals surface area contributed by atoms with Gasteiger partial charge in [-0.1, -0.05) is 0 Å². The van der Waals surface area contributed by atoms with Crippen LogP contribution >= 0.6 is 0 Å². The van der Waals surface area contributed by atoms with Crippen molar-refractivity contribution in [2.45, 2.75) is 32.4 Å². The van der Waals surface area contributed by atoms with Gasteiger partial charge in [-0.15, -0.1) is 0 Å². The molecule has 0 aromatic carbocycles. The number of pyridine rings is 1. The number of anilines is 1. The molecule has 2 aromatic heterocycles. The first-order chi connectivity index (χ1) is 11.7. The Bertz CT molecular complexity index is 646. The van der Waals surface area contributed by atoms with Crippen molar-refractivity contribution in [3.8, 4) is 0 Å². The lowest BCUT2D eigenvalue weighted by molar-refractivity contribution is -0.0346. The number of ether oxygens (including phenoxy) is 1. The summed E-state index contributed by atoms with van der Waals surface area (Å²) in [4.78, 5) is 15.2. The van der Waals surface area contributed by atoms with Crippen LogP contribution in [0.4, 0.5) is 5.82 Å². The van der Waals surface area contributed by atoms with Crippen molar-refractivity contribution in [3.05, 3.63) is 47.7 Å². The van der Waals surface area contributed by atoms with Crippen molar-refractivity contribution in [2.24, 2.45) is 0 Å². The van der Waals surface area contributed by atoms with Crippen LogP contribution in [0.1, 0.15) is 23.4 Å². The first-order valence-corrected chi connectivity index (χ1v) is 8.47. The summed E-state index contributed by atoms with van der Waals surface area (Å²) < 4.78 is 5.94. The van der Waals surface area contributed by atoms with E-state index in [1.165, 1.54) is 5.56 Å². The van der Waals surface area contributed by atoms with E-state index in [1.807, 2.05) is 32.6 Å². The molecule has 24 heavy (non-hydrogen) atoms. The smallest absolute Gasteiger partial charge is 0.125 e. The van der Waals surface area contributed by atoms with Gasteiger partial charge < -0.3 is 10.1 Å². The summed E-state index contributed by atoms with van der Waals surface area (Å²) in [6, 6.07) is 4.18. The van der Waals surface area contributed by atoms with E-state index in [2.05, 4.69) is 37.3 Å². The topological polar surface area (TPSA) is 63.2 Å². The van der Waals surface area contributed by atoms with E-state index in [1.54, 1.807) is 0 Å². The average Bonchev–Trinajstić information content (AvgIpc) is 2.62. The fourth-order valence-corrected chi connectivity index (χ4v) is 2.95. The lowest BCUT2D eigenvalue weighted by Gasteiger charge is -2.33. The summed E-state index contributed by atoms with van der Waals surface area (Å²) in [6.07, 6.45) is 7.99. The molecule has 1 saturated heterocycles. The number of nitrogens with one attached hydrogen (secondary N) is 1. The van der Waals surface area contributed by atoms with Crippen molar-refractivity contribution in [1.82, 2.24) is 19.9 Å². The minimum Gasteiger partial charge on any atom is -0.376 e. The standard InChI is InChI=1S/C18H25N5O/c1-14-21-10-16(11-22-14)12-23-7-8-24-17(13-23)4-3-15-5-6-20-18(9-15)19-2/h5-6,9-11,17H,3-4,7-8,12-13H2,1-2H3,(H,19,20)/t17-/m0/s1. The number of aromatic nitrogens is 3. The van der Waals surface area contributed by atoms with Crippen LogP contribution in [0.3, 0.4) is 0 Å². The first kappa shape index (κ1) is 16.8. The minimum atomic E-state index is 0.274. The molecule has 1 aliphatic heterocycles. The molecule has 3 heterocycles. The molecular weight excluding hydrogens is 302 g/mol. The predicted octanol–water partition coefficient (Wildman–Crippen LogP) is 2.06. The summed E-state index contributed by atoms with van der Waals surface area (Å²) >= 11 is 0. The number of nitrogens with zero attached hydrogens (tertiary/aromatic N) is 4. The molecular formula is C18H25N5O. The first-order valence-electron chi connectivity index (χ1n) is 8.47. The molecule has 0 unspecified atom stereocenters. The van der Waals surface area contributed by atoms with Crippen LogP contribution in [0.2, 0.25) is 0 Å². The SMILES string of the molecule is CNc1cc(CC[C@H]2CN(Cc3cnc(C)nc3)CCO2)ccn1. The van der Waals surface area contributed by atoms with E-state index in [-0.39, 0.29) is 6.10 Å². The van der Waals surface area contributed by atoms with Crippen LogP contribution < -0.4 is 5.32 Å². The number of aryl methyl sites for hydroxylation is 2. The zero-order valence-corrected chi connectivity index (χ0v) is 14.4. The van der Waals surface area contributed by atoms with Gasteiger partial charge in [0.1, 0.15) is 11.6 Å². The van der Waals surface area contributed by atoms with Crippen LogP contribution in [-0.4, -0.2) is 52.7 Å². The maximum Gasteiger partial charge on any atom is 0.125 e. The number of hydrogen-bond acceptors (Lipinski definition) is 6. The van der Waals surface area contributed by atoms with Gasteiger partial charge in [0.15, 0.2) is 0 Å². The van der Waals surface area contributed by atoms with Gasteiger partial charge in [-0.25, -0.2) is 15.0 Å². The van der Waals surface area contributed by atoms with Gasteiger partial charge in [0.05, 0.1) is 12.7 Å². The molecule has 1 aliphatic rings. The maximum atomic E-state index is 5.94. The third-order valence-corrected chi connectivity index (χ3v) is 4.30. The van der Waals surface area contributed by atoms with Crippen LogP contribution in [-0.2, 0) is 17.7 Å². The quantitative estimate of drug-likeness (QED) is 0.876. The normalized spacial score (nSPS) is 18.5. The molecule has 0 spiro atoms. The molecule has 0 radical (unpaired) electrons. The van der Waals surface area contributed by atoms with Gasteiger partial charge in [0.2, 0.25) is 0 Å². The van der Waals surface area contributed by atoms with E-state index >= 15 is 0 Å². The van der Waals surface area contributed by atoms with Crippen molar-refractivity contribution >= 4 is 5.82 Å². The molecule has 0 saturated carbocycles. The highest BCUT2D eigenvalue weighted by Gasteiger charge is 2.20. The lowest BCUT2D eigenvalue weighted by Crippen LogP contribution is -2.42. The Labute approximate surface area is 143 Å². The predicted molar refractivity (Wildman–Crippen MR) is 93.9 cm³/mol. The number of morpholine rings is 1. The fourth-order valence-electron chi connectivity index (χ4n) is 2.95. The summed E-state index contributed by atoms with van der Waals surface area (Å²) in [5.41, 5.74) is 2.45. The zero-order valence-electron chi connectivity index (χ0n) is 14.4. The van der Waals surface area contributed by atoms with Crippen LogP contribution in [0.15, 0.2) is 30.7 Å². The largest absolute Gasteiger partial charge is 0.376 e. The van der Waals surface area contributed by atoms with E-state index < -0.39 is 0 Å². The second-order valence-electron chi connectivity index (χ2n) is 6.20. The Hall–Kier alpha value is -2.05. The Kier molecular flexibility index (Phi) is 5.72. The third kappa shape index (κ3) is 4.72. The highest BCUT2D eigenvalue weighted by atomic mass is 16.5. The summed E-state index contributed by atoms with van der Waals surface area (Å²) in [7, 11) is 1.89. The molecule has 6 nitrogen and oxygen atoms in total. The van der Waals surface area contributed by atoms with E-state index in [4.69, 9.17) is 4.74 Å². The van der Waals surface area contributed by atoms with Crippen LogP contribution in [0.25, 0.3) is 0 Å². The molecule has 1 N–H and O–H groups in total. The van der Waals surface area contributed by atoms with Crippen molar-refractivity contribution in [2.75, 3.05) is 32.1 Å². The highest BCUT2D eigenvalue weighted by Crippen LogP contribution is 2.15. The molecule has 2 aromatic rings. The molecule has 3 rings (SSSR count). The monoisotopic (exact) mass is 327 g/mol. The van der Waals surface area contributed by atoms with E-state index in [0.29, 0.717) is 0 Å². The Balaban J connectivity index is 1.50. The third-order valence-electron chi connectivity index (χ3n) is 4.30. The maximum absolute atomic E-state index is 5.94. The van der Waals surface area contributed by atoms with Gasteiger partial charge in [-0.05, 0) is 37.5 Å². The zero-order chi connectivity index (χ0) is 16.8. The van der Waals surface area contributed by atoms with Crippen molar-refractivity contribution in [1.29, 1.82) is 0 Å². The molecule has 0 bridgehead atoms. The van der Waals surface area contributed by atoms with Gasteiger partial charge in [0, 0.05) is 50.8 Å². The van der Waals surface area contributed by atoms with Crippen molar-refractivity contribution in [3.63, 3.8) is 0 Å². The molecule has 1 atom stereocenters. The van der Waals surface area contributed by atoms with E-state index in [0.717, 1.165) is 56.3 Å². The Morgan fingerprint density at radius 3 is 2.88 bits per heavy atom. The Morgan fingerprint density at radius 2 is 2.08 bits per heavy atom. The van der Waals surface area contributed by atoms with Crippen LogP contribution in [0.5, 0.6) is 0 Å². The highest BCUT2D eigenvalue weighted by molar-refractivity contribution is 5.36. The number of hydrogen-bond donors (Lipinski definition) is 1. The molecule has 0 amide bonds. The van der Waals surface area contributed by atoms with Gasteiger partial charge >= 0.3 is 0 Å². The molecule has 128 valence electrons. The number of rotatable bonds is 6. The van der Waals surface area contributed by atoms with E-state index in [9.17, 15) is 0 Å². The second kappa shape index (κ2) is 8.17. The molecule has 0 aliphatic carbocycles. The minimum absolute atomic E-state index is 0.274. The van der Waals surface area contributed by atoms with Crippen molar-refractivity contribution < 1.29 is 4.74 Å². The fraction of sp³-hybridized carbons (Fsp3) is 0.500. The second-order valence-corrected chi connectivity index (χ2v) is 6.20. The molecule has 1 fully saturated rings. The molecule has 6 heteroatoms. The summed E-state index contributed by atoms with van der Waals surface area (Å²) in [5, 5.41) is 3.08. The van der Waals surface area contributed by atoms with Gasteiger partial charge in [0.25, 0.3) is 0 Å². The summed E-state index contributed by atoms with van der Waals surface area (Å²) in [5.74, 6) is 1.73. The van der Waals surface area contributed by atoms with Gasteiger partial charge in [-0.3, -0.25) is 4.90 Å². The Morgan fingerprint density at radius 1 is 1.25 bits per heavy atom. The lowest BCUT2D eigenvalue weighted by atomic mass is 10.1. The van der Waals surface area contributed by atoms with Gasteiger partial charge in [-0.2, -0.15) is 0 Å². The van der Waals surface area contributed by atoms with Crippen LogP contribution in [0, 0.1) is 6.92 Å². The summed E-state index contributed by atoms with van der Waals surface area (Å²) in [6.45, 7) is 5.50. The average molecular weight is 327 g/mol.